The molecule has 0 rings (SSSR count). The first-order valence-corrected chi connectivity index (χ1v) is 8.13. The van der Waals surface area contributed by atoms with Crippen molar-refractivity contribution in [2.45, 2.75) is 90.5 Å². The first-order chi connectivity index (χ1) is 8.31. The van der Waals surface area contributed by atoms with Crippen LogP contribution in [0.1, 0.15) is 85.0 Å². The molecule has 118 valence electrons. The third kappa shape index (κ3) is 10.7. The van der Waals surface area contributed by atoms with Crippen LogP contribution in [-0.4, -0.2) is 31.2 Å². The minimum atomic E-state index is 0. The smallest absolute Gasteiger partial charge is 0.0929 e. The molecule has 0 saturated heterocycles. The molecule has 0 aliphatic heterocycles. The Kier molecular flexibility index (Phi) is 12.4. The van der Waals surface area contributed by atoms with Crippen LogP contribution in [0.25, 0.3) is 0 Å². The fourth-order valence-electron chi connectivity index (χ4n) is 2.20. The molecule has 0 aromatic carbocycles. The summed E-state index contributed by atoms with van der Waals surface area (Å²) in [5.41, 5.74) is 0.418. The lowest BCUT2D eigenvalue weighted by Crippen LogP contribution is -3.00. The highest BCUT2D eigenvalue weighted by atomic mass is 35.5. The summed E-state index contributed by atoms with van der Waals surface area (Å²) in [6.07, 6.45) is 14.2. The molecule has 0 aliphatic rings. The van der Waals surface area contributed by atoms with Gasteiger partial charge >= 0.3 is 0 Å². The van der Waals surface area contributed by atoms with Crippen LogP contribution in [0.3, 0.4) is 0 Å². The Balaban J connectivity index is 0. The Morgan fingerprint density at radius 3 is 1.42 bits per heavy atom. The minimum absolute atomic E-state index is 0. The Morgan fingerprint density at radius 2 is 1.05 bits per heavy atom. The molecule has 0 atom stereocenters. The molecule has 0 radical (unpaired) electrons. The summed E-state index contributed by atoms with van der Waals surface area (Å²) < 4.78 is 1.07. The first kappa shape index (κ1) is 21.5. The summed E-state index contributed by atoms with van der Waals surface area (Å²) in [5.74, 6) is 0. The monoisotopic (exact) mass is 291 g/mol. The molecule has 0 heterocycles. The summed E-state index contributed by atoms with van der Waals surface area (Å²) in [6, 6.07) is 0. The maximum Gasteiger partial charge on any atom is 0.0929 e. The van der Waals surface area contributed by atoms with Crippen LogP contribution in [-0.2, 0) is 0 Å². The van der Waals surface area contributed by atoms with Gasteiger partial charge in [-0.1, -0.05) is 58.3 Å². The van der Waals surface area contributed by atoms with E-state index in [4.69, 9.17) is 0 Å². The minimum Gasteiger partial charge on any atom is -1.00 e. The van der Waals surface area contributed by atoms with E-state index in [9.17, 15) is 0 Å². The highest BCUT2D eigenvalue weighted by Gasteiger charge is 2.31. The molecule has 0 bridgehead atoms. The molecule has 0 fully saturated rings. The van der Waals surface area contributed by atoms with Crippen LogP contribution in [0.4, 0.5) is 0 Å². The van der Waals surface area contributed by atoms with Crippen molar-refractivity contribution < 1.29 is 16.9 Å². The van der Waals surface area contributed by atoms with Gasteiger partial charge in [-0.3, -0.25) is 0 Å². The molecular formula is C17H38ClN. The van der Waals surface area contributed by atoms with Gasteiger partial charge in [-0.15, -0.1) is 0 Å². The molecule has 2 heteroatoms. The van der Waals surface area contributed by atoms with Gasteiger partial charge in [0.1, 0.15) is 0 Å². The number of hydrogen-bond acceptors (Lipinski definition) is 0. The number of halogens is 1. The maximum atomic E-state index is 2.40. The van der Waals surface area contributed by atoms with E-state index in [2.05, 4.69) is 41.9 Å². The lowest BCUT2D eigenvalue weighted by molar-refractivity contribution is -0.920. The highest BCUT2D eigenvalue weighted by molar-refractivity contribution is 4.68. The van der Waals surface area contributed by atoms with Gasteiger partial charge in [-0.2, -0.15) is 0 Å². The van der Waals surface area contributed by atoms with Gasteiger partial charge in [0.25, 0.3) is 0 Å². The normalized spacial score (nSPS) is 12.3. The summed E-state index contributed by atoms with van der Waals surface area (Å²) in [6.45, 7) is 7.09. The van der Waals surface area contributed by atoms with Crippen LogP contribution in [0.5, 0.6) is 0 Å². The summed E-state index contributed by atoms with van der Waals surface area (Å²) >= 11 is 0. The second kappa shape index (κ2) is 11.0. The van der Waals surface area contributed by atoms with Crippen molar-refractivity contribution in [2.24, 2.45) is 0 Å². The number of rotatable bonds is 11. The van der Waals surface area contributed by atoms with Crippen molar-refractivity contribution in [3.63, 3.8) is 0 Å². The van der Waals surface area contributed by atoms with Gasteiger partial charge in [0.2, 0.25) is 0 Å². The number of hydrogen-bond donors (Lipinski definition) is 0. The van der Waals surface area contributed by atoms with Crippen molar-refractivity contribution in [1.29, 1.82) is 0 Å². The molecule has 0 spiro atoms. The van der Waals surface area contributed by atoms with Gasteiger partial charge in [-0.25, -0.2) is 0 Å². The molecule has 19 heavy (non-hydrogen) atoms. The molecule has 0 N–H and O–H groups in total. The van der Waals surface area contributed by atoms with Crippen molar-refractivity contribution in [1.82, 2.24) is 0 Å². The van der Waals surface area contributed by atoms with Crippen molar-refractivity contribution in [3.8, 4) is 0 Å². The standard InChI is InChI=1S/C17H38N.ClH/c1-7-8-9-10-11-12-13-14-15-16-17(2,3)18(4,5)6;/h7-16H2,1-6H3;1H/q+1;/p-1. The predicted molar refractivity (Wildman–Crippen MR) is 84.0 cm³/mol. The van der Waals surface area contributed by atoms with Gasteiger partial charge in [-0.05, 0) is 20.3 Å². The first-order valence-electron chi connectivity index (χ1n) is 8.13. The van der Waals surface area contributed by atoms with E-state index in [-0.39, 0.29) is 12.4 Å². The molecule has 0 saturated carbocycles. The van der Waals surface area contributed by atoms with E-state index >= 15 is 0 Å². The summed E-state index contributed by atoms with van der Waals surface area (Å²) in [7, 11) is 6.94. The van der Waals surface area contributed by atoms with Gasteiger partial charge < -0.3 is 16.9 Å². The van der Waals surface area contributed by atoms with Gasteiger partial charge in [0.15, 0.2) is 0 Å². The molecule has 1 nitrogen and oxygen atoms in total. The molecule has 0 aromatic rings. The molecule has 0 amide bonds. The molecular weight excluding hydrogens is 254 g/mol. The average Bonchev–Trinajstić information content (AvgIpc) is 2.25. The maximum absolute atomic E-state index is 2.40. The van der Waals surface area contributed by atoms with Gasteiger partial charge in [0, 0.05) is 6.42 Å². The Hall–Kier alpha value is 0.250. The topological polar surface area (TPSA) is 0 Å². The van der Waals surface area contributed by atoms with Crippen molar-refractivity contribution in [2.75, 3.05) is 21.1 Å². The Morgan fingerprint density at radius 1 is 0.684 bits per heavy atom. The lowest BCUT2D eigenvalue weighted by Gasteiger charge is -2.41. The van der Waals surface area contributed by atoms with E-state index in [1.165, 1.54) is 64.2 Å². The lowest BCUT2D eigenvalue weighted by atomic mass is 9.93. The number of unbranched alkanes of at least 4 members (excludes halogenated alkanes) is 8. The molecule has 0 aromatic heterocycles. The SMILES string of the molecule is CCCCCCCCCCCC(C)(C)[N+](C)(C)C.[Cl-]. The fraction of sp³-hybridized carbons (Fsp3) is 1.00. The molecule has 0 unspecified atom stereocenters. The number of quaternary nitrogens is 1. The zero-order chi connectivity index (χ0) is 14.1. The Labute approximate surface area is 129 Å². The summed E-state index contributed by atoms with van der Waals surface area (Å²) in [5, 5.41) is 0. The van der Waals surface area contributed by atoms with Crippen molar-refractivity contribution >= 4 is 0 Å². The van der Waals surface area contributed by atoms with E-state index in [1.807, 2.05) is 0 Å². The van der Waals surface area contributed by atoms with Crippen LogP contribution in [0.2, 0.25) is 0 Å². The number of nitrogens with zero attached hydrogens (tertiary/aromatic N) is 1. The highest BCUT2D eigenvalue weighted by Crippen LogP contribution is 2.24. The predicted octanol–water partition coefficient (Wildman–Crippen LogP) is 2.40. The summed E-state index contributed by atoms with van der Waals surface area (Å²) in [4.78, 5) is 0. The van der Waals surface area contributed by atoms with E-state index < -0.39 is 0 Å². The zero-order valence-electron chi connectivity index (χ0n) is 14.4. The van der Waals surface area contributed by atoms with Crippen LogP contribution in [0, 0.1) is 0 Å². The van der Waals surface area contributed by atoms with Crippen LogP contribution in [0.15, 0.2) is 0 Å². The van der Waals surface area contributed by atoms with Crippen LogP contribution >= 0.6 is 0 Å². The van der Waals surface area contributed by atoms with Gasteiger partial charge in [0.05, 0.1) is 26.7 Å². The quantitative estimate of drug-likeness (QED) is 0.405. The van der Waals surface area contributed by atoms with Crippen LogP contribution < -0.4 is 12.4 Å². The van der Waals surface area contributed by atoms with E-state index in [0.717, 1.165) is 4.48 Å². The third-order valence-electron chi connectivity index (χ3n) is 4.71. The second-order valence-corrected chi connectivity index (χ2v) is 7.40. The molecule has 0 aliphatic carbocycles. The zero-order valence-corrected chi connectivity index (χ0v) is 15.2. The van der Waals surface area contributed by atoms with E-state index in [0.29, 0.717) is 5.54 Å². The fourth-order valence-corrected chi connectivity index (χ4v) is 2.20. The van der Waals surface area contributed by atoms with Crippen molar-refractivity contribution in [3.05, 3.63) is 0 Å². The van der Waals surface area contributed by atoms with E-state index in [1.54, 1.807) is 0 Å². The average molecular weight is 292 g/mol. The Bertz CT molecular complexity index is 194. The largest absolute Gasteiger partial charge is 1.00 e. The third-order valence-corrected chi connectivity index (χ3v) is 4.71. The second-order valence-electron chi connectivity index (χ2n) is 7.40.